The third-order valence-electron chi connectivity index (χ3n) is 1.64. The second-order valence-electron chi connectivity index (χ2n) is 2.78. The summed E-state index contributed by atoms with van der Waals surface area (Å²) < 4.78 is 0. The predicted octanol–water partition coefficient (Wildman–Crippen LogP) is -0.475. The van der Waals surface area contributed by atoms with Crippen molar-refractivity contribution in [2.45, 2.75) is 4.90 Å². The maximum atomic E-state index is 10.9. The molecular formula is C9H14N3O2S+. The van der Waals surface area contributed by atoms with Crippen molar-refractivity contribution in [1.29, 1.82) is 0 Å². The van der Waals surface area contributed by atoms with Crippen molar-refractivity contribution >= 4 is 23.4 Å². The minimum atomic E-state index is -0.193. The van der Waals surface area contributed by atoms with Crippen LogP contribution in [0, 0.1) is 0 Å². The number of carbonyl (C=O) groups excluding carboxylic acids is 1. The average molecular weight is 228 g/mol. The Labute approximate surface area is 92.3 Å². The highest BCUT2D eigenvalue weighted by Crippen LogP contribution is 2.19. The maximum Gasteiger partial charge on any atom is 0.244 e. The highest BCUT2D eigenvalue weighted by Gasteiger charge is 2.02. The van der Waals surface area contributed by atoms with E-state index in [1.807, 2.05) is 24.3 Å². The van der Waals surface area contributed by atoms with E-state index in [-0.39, 0.29) is 5.91 Å². The predicted molar refractivity (Wildman–Crippen MR) is 58.1 cm³/mol. The summed E-state index contributed by atoms with van der Waals surface area (Å²) in [5, 5.41) is 0. The first kappa shape index (κ1) is 12.0. The van der Waals surface area contributed by atoms with Crippen molar-refractivity contribution in [3.63, 3.8) is 0 Å². The molecule has 0 fully saturated rings. The Morgan fingerprint density at radius 1 is 1.67 bits per heavy atom. The standard InChI is InChI=1S/C9H13N3O2S/c1-14-12-7-3-2-4-8(5-7)15-6-9(13)11-10/h2-5,12H,6,10H2,1H3,(H,11,13)/p+1. The molecular weight excluding hydrogens is 214 g/mol. The fourth-order valence-corrected chi connectivity index (χ4v) is 1.78. The largest absolute Gasteiger partial charge is 0.294 e. The molecule has 82 valence electrons. The molecule has 0 saturated heterocycles. The minimum absolute atomic E-state index is 0.193. The van der Waals surface area contributed by atoms with Gasteiger partial charge < -0.3 is 0 Å². The van der Waals surface area contributed by atoms with E-state index >= 15 is 0 Å². The van der Waals surface area contributed by atoms with Crippen LogP contribution < -0.4 is 16.7 Å². The third kappa shape index (κ3) is 4.30. The Morgan fingerprint density at radius 3 is 3.13 bits per heavy atom. The topological polar surface area (TPSA) is 81.0 Å². The summed E-state index contributed by atoms with van der Waals surface area (Å²) in [6, 6.07) is 7.71. The number of carbonyl (C=O) groups is 1. The molecule has 0 aliphatic heterocycles. The molecule has 6 heteroatoms. The molecule has 5 nitrogen and oxygen atoms in total. The number of rotatable bonds is 5. The minimum Gasteiger partial charge on any atom is -0.294 e. The lowest BCUT2D eigenvalue weighted by atomic mass is 10.3. The van der Waals surface area contributed by atoms with Crippen LogP contribution in [0.3, 0.4) is 0 Å². The first-order chi connectivity index (χ1) is 7.26. The second kappa shape index (κ2) is 6.41. The zero-order chi connectivity index (χ0) is 11.1. The molecule has 0 radical (unpaired) electrons. The van der Waals surface area contributed by atoms with E-state index in [9.17, 15) is 4.79 Å². The Bertz CT molecular complexity index is 333. The Balaban J connectivity index is 2.53. The van der Waals surface area contributed by atoms with E-state index in [4.69, 9.17) is 10.7 Å². The van der Waals surface area contributed by atoms with E-state index in [0.717, 1.165) is 10.6 Å². The highest BCUT2D eigenvalue weighted by molar-refractivity contribution is 8.00. The van der Waals surface area contributed by atoms with Gasteiger partial charge in [-0.25, -0.2) is 10.7 Å². The second-order valence-corrected chi connectivity index (χ2v) is 3.83. The van der Waals surface area contributed by atoms with Crippen molar-refractivity contribution in [3.8, 4) is 0 Å². The quantitative estimate of drug-likeness (QED) is 0.209. The number of nitrogens with two attached hydrogens (primary N) is 2. The van der Waals surface area contributed by atoms with Crippen LogP contribution >= 0.6 is 11.8 Å². The fourth-order valence-electron chi connectivity index (χ4n) is 1.00. The zero-order valence-corrected chi connectivity index (χ0v) is 9.21. The fraction of sp³-hybridized carbons (Fsp3) is 0.222. The number of hydrazine groups is 1. The summed E-state index contributed by atoms with van der Waals surface area (Å²) in [7, 11) is 1.60. The van der Waals surface area contributed by atoms with Gasteiger partial charge >= 0.3 is 0 Å². The van der Waals surface area contributed by atoms with Crippen LogP contribution in [0.4, 0.5) is 5.69 Å². The number of hydrogen-bond donors (Lipinski definition) is 3. The molecule has 0 aliphatic rings. The summed E-state index contributed by atoms with van der Waals surface area (Å²) in [6.07, 6.45) is 0. The SMILES string of the molecule is CO[NH2+]c1cccc(SCC(=O)NN)c1. The van der Waals surface area contributed by atoms with Crippen LogP contribution in [0.2, 0.25) is 0 Å². The number of benzene rings is 1. The van der Waals surface area contributed by atoms with Gasteiger partial charge in [-0.3, -0.25) is 10.2 Å². The summed E-state index contributed by atoms with van der Waals surface area (Å²) >= 11 is 1.43. The van der Waals surface area contributed by atoms with Crippen molar-refractivity contribution in [2.75, 3.05) is 12.9 Å². The molecule has 0 aliphatic carbocycles. The number of thioether (sulfide) groups is 1. The van der Waals surface area contributed by atoms with Gasteiger partial charge in [-0.1, -0.05) is 6.07 Å². The van der Waals surface area contributed by atoms with Crippen LogP contribution in [0.1, 0.15) is 0 Å². The van der Waals surface area contributed by atoms with Gasteiger partial charge in [0, 0.05) is 17.0 Å². The van der Waals surface area contributed by atoms with Crippen LogP contribution in [0.25, 0.3) is 0 Å². The van der Waals surface area contributed by atoms with Crippen LogP contribution in [0.15, 0.2) is 29.2 Å². The molecule has 1 amide bonds. The normalized spacial score (nSPS) is 10.0. The molecule has 0 atom stereocenters. The van der Waals surface area contributed by atoms with Gasteiger partial charge in [0.1, 0.15) is 0 Å². The zero-order valence-electron chi connectivity index (χ0n) is 8.40. The van der Waals surface area contributed by atoms with Gasteiger partial charge in [0.05, 0.1) is 12.9 Å². The Morgan fingerprint density at radius 2 is 2.47 bits per heavy atom. The summed E-state index contributed by atoms with van der Waals surface area (Å²) in [5.74, 6) is 5.09. The maximum absolute atomic E-state index is 10.9. The number of amides is 1. The number of hydrogen-bond acceptors (Lipinski definition) is 4. The van der Waals surface area contributed by atoms with Crippen LogP contribution in [0.5, 0.6) is 0 Å². The van der Waals surface area contributed by atoms with E-state index in [0.29, 0.717) is 5.75 Å². The van der Waals surface area contributed by atoms with E-state index in [1.54, 1.807) is 12.6 Å². The molecule has 0 bridgehead atoms. The molecule has 0 spiro atoms. The molecule has 0 aromatic heterocycles. The van der Waals surface area contributed by atoms with E-state index < -0.39 is 0 Å². The molecule has 1 aromatic rings. The Kier molecular flexibility index (Phi) is 5.13. The van der Waals surface area contributed by atoms with Crippen LogP contribution in [-0.2, 0) is 9.63 Å². The molecule has 0 unspecified atom stereocenters. The molecule has 1 rings (SSSR count). The first-order valence-corrected chi connectivity index (χ1v) is 5.33. The van der Waals surface area contributed by atoms with Gasteiger partial charge in [-0.2, -0.15) is 5.48 Å². The monoisotopic (exact) mass is 228 g/mol. The molecule has 0 heterocycles. The van der Waals surface area contributed by atoms with Crippen molar-refractivity contribution in [1.82, 2.24) is 5.43 Å². The molecule has 0 saturated carbocycles. The van der Waals surface area contributed by atoms with E-state index in [2.05, 4.69) is 5.43 Å². The number of nitrogens with one attached hydrogen (secondary N) is 1. The Hall–Kier alpha value is -1.08. The lowest BCUT2D eigenvalue weighted by Gasteiger charge is -2.01. The van der Waals surface area contributed by atoms with Gasteiger partial charge in [0.25, 0.3) is 0 Å². The third-order valence-corrected chi connectivity index (χ3v) is 2.64. The molecule has 1 aromatic carbocycles. The van der Waals surface area contributed by atoms with Crippen molar-refractivity contribution in [2.24, 2.45) is 5.84 Å². The van der Waals surface area contributed by atoms with Gasteiger partial charge in [0.15, 0.2) is 5.69 Å². The van der Waals surface area contributed by atoms with Gasteiger partial charge in [0.2, 0.25) is 5.91 Å². The summed E-state index contributed by atoms with van der Waals surface area (Å²) in [6.45, 7) is 0. The number of quaternary nitrogens is 1. The van der Waals surface area contributed by atoms with Crippen molar-refractivity contribution < 1.29 is 15.1 Å². The van der Waals surface area contributed by atoms with Gasteiger partial charge in [-0.15, -0.1) is 11.8 Å². The van der Waals surface area contributed by atoms with Gasteiger partial charge in [-0.05, 0) is 6.07 Å². The first-order valence-electron chi connectivity index (χ1n) is 4.34. The lowest BCUT2D eigenvalue weighted by molar-refractivity contribution is -0.830. The van der Waals surface area contributed by atoms with Crippen LogP contribution in [-0.4, -0.2) is 18.8 Å². The lowest BCUT2D eigenvalue weighted by Crippen LogP contribution is -2.75. The van der Waals surface area contributed by atoms with Crippen molar-refractivity contribution in [3.05, 3.63) is 24.3 Å². The molecule has 15 heavy (non-hydrogen) atoms. The summed E-state index contributed by atoms with van der Waals surface area (Å²) in [4.78, 5) is 16.8. The summed E-state index contributed by atoms with van der Waals surface area (Å²) in [5.41, 5.74) is 4.70. The average Bonchev–Trinajstić information content (AvgIpc) is 2.27. The van der Waals surface area contributed by atoms with E-state index in [1.165, 1.54) is 11.8 Å². The highest BCUT2D eigenvalue weighted by atomic mass is 32.2. The molecule has 5 N–H and O–H groups in total. The smallest absolute Gasteiger partial charge is 0.244 e.